The number of nitrogens with zero attached hydrogens (tertiary/aromatic N) is 2. The normalized spacial score (nSPS) is 9.81. The molecule has 1 aromatic carbocycles. The Labute approximate surface area is 119 Å². The highest BCUT2D eigenvalue weighted by Gasteiger charge is 2.19. The van der Waals surface area contributed by atoms with Crippen LogP contribution < -0.4 is 5.32 Å². The SMILES string of the molecule is CC(=O)N(C)CC(=O)Nc1ccc(C(=O)O)cc1[N+](=O)[O-]. The predicted octanol–water partition coefficient (Wildman–Crippen LogP) is 0.710. The van der Waals surface area contributed by atoms with E-state index in [1.54, 1.807) is 0 Å². The number of hydrogen-bond donors (Lipinski definition) is 2. The van der Waals surface area contributed by atoms with Crippen molar-refractivity contribution < 1.29 is 24.4 Å². The third-order valence-corrected chi connectivity index (χ3v) is 2.63. The van der Waals surface area contributed by atoms with Crippen LogP contribution in [0.4, 0.5) is 11.4 Å². The van der Waals surface area contributed by atoms with E-state index >= 15 is 0 Å². The molecule has 2 amide bonds. The highest BCUT2D eigenvalue weighted by molar-refractivity contribution is 5.97. The van der Waals surface area contributed by atoms with E-state index in [0.717, 1.165) is 23.1 Å². The monoisotopic (exact) mass is 295 g/mol. The lowest BCUT2D eigenvalue weighted by Crippen LogP contribution is -2.33. The summed E-state index contributed by atoms with van der Waals surface area (Å²) in [5, 5.41) is 22.0. The van der Waals surface area contributed by atoms with Crippen LogP contribution in [0.15, 0.2) is 18.2 Å². The fourth-order valence-corrected chi connectivity index (χ4v) is 1.44. The lowest BCUT2D eigenvalue weighted by molar-refractivity contribution is -0.384. The van der Waals surface area contributed by atoms with Crippen molar-refractivity contribution in [3.8, 4) is 0 Å². The van der Waals surface area contributed by atoms with E-state index in [4.69, 9.17) is 5.11 Å². The Morgan fingerprint density at radius 1 is 1.38 bits per heavy atom. The Bertz CT molecular complexity index is 613. The number of benzene rings is 1. The minimum absolute atomic E-state index is 0.132. The van der Waals surface area contributed by atoms with Gasteiger partial charge in [0.25, 0.3) is 5.69 Å². The zero-order chi connectivity index (χ0) is 16.2. The summed E-state index contributed by atoms with van der Waals surface area (Å²) in [5.74, 6) is -2.27. The number of likely N-dealkylation sites (N-methyl/N-ethyl adjacent to an activating group) is 1. The van der Waals surface area contributed by atoms with Gasteiger partial charge in [-0.1, -0.05) is 0 Å². The van der Waals surface area contributed by atoms with Crippen LogP contribution >= 0.6 is 0 Å². The molecule has 0 aliphatic carbocycles. The molecule has 0 saturated carbocycles. The summed E-state index contributed by atoms with van der Waals surface area (Å²) in [7, 11) is 1.41. The molecule has 0 fully saturated rings. The quantitative estimate of drug-likeness (QED) is 0.607. The number of nitro benzene ring substituents is 1. The second-order valence-electron chi connectivity index (χ2n) is 4.22. The van der Waals surface area contributed by atoms with Crippen LogP contribution in [-0.4, -0.2) is 46.3 Å². The van der Waals surface area contributed by atoms with Crippen molar-refractivity contribution >= 4 is 29.2 Å². The van der Waals surface area contributed by atoms with Gasteiger partial charge in [0.1, 0.15) is 5.69 Å². The van der Waals surface area contributed by atoms with Crippen LogP contribution in [-0.2, 0) is 9.59 Å². The van der Waals surface area contributed by atoms with Crippen LogP contribution in [0.25, 0.3) is 0 Å². The van der Waals surface area contributed by atoms with Gasteiger partial charge in [-0.15, -0.1) is 0 Å². The third kappa shape index (κ3) is 4.27. The molecule has 21 heavy (non-hydrogen) atoms. The molecule has 0 aliphatic rings. The molecule has 0 aromatic heterocycles. The van der Waals surface area contributed by atoms with Crippen LogP contribution in [0, 0.1) is 10.1 Å². The minimum Gasteiger partial charge on any atom is -0.478 e. The average molecular weight is 295 g/mol. The molecule has 0 heterocycles. The van der Waals surface area contributed by atoms with Gasteiger partial charge in [-0.05, 0) is 12.1 Å². The van der Waals surface area contributed by atoms with Crippen molar-refractivity contribution in [1.82, 2.24) is 4.90 Å². The van der Waals surface area contributed by atoms with Gasteiger partial charge in [0.05, 0.1) is 17.0 Å². The van der Waals surface area contributed by atoms with Crippen molar-refractivity contribution in [2.24, 2.45) is 0 Å². The number of carbonyl (C=O) groups is 3. The summed E-state index contributed by atoms with van der Waals surface area (Å²) in [6, 6.07) is 3.12. The Morgan fingerprint density at radius 2 is 2.00 bits per heavy atom. The smallest absolute Gasteiger partial charge is 0.335 e. The summed E-state index contributed by atoms with van der Waals surface area (Å²) in [4.78, 5) is 44.7. The average Bonchev–Trinajstić information content (AvgIpc) is 2.38. The van der Waals surface area contributed by atoms with Crippen molar-refractivity contribution in [3.63, 3.8) is 0 Å². The highest BCUT2D eigenvalue weighted by atomic mass is 16.6. The zero-order valence-corrected chi connectivity index (χ0v) is 11.3. The Balaban J connectivity index is 2.97. The molecule has 0 aliphatic heterocycles. The molecule has 0 spiro atoms. The molecular weight excluding hydrogens is 282 g/mol. The van der Waals surface area contributed by atoms with E-state index in [0.29, 0.717) is 0 Å². The fourth-order valence-electron chi connectivity index (χ4n) is 1.44. The fraction of sp³-hybridized carbons (Fsp3) is 0.250. The second kappa shape index (κ2) is 6.46. The van der Waals surface area contributed by atoms with Crippen LogP contribution in [0.5, 0.6) is 0 Å². The Hall–Kier alpha value is -2.97. The summed E-state index contributed by atoms with van der Waals surface area (Å²) >= 11 is 0. The first-order chi connectivity index (χ1) is 9.72. The van der Waals surface area contributed by atoms with Gasteiger partial charge in [0.15, 0.2) is 0 Å². The lowest BCUT2D eigenvalue weighted by atomic mass is 10.1. The van der Waals surface area contributed by atoms with Crippen molar-refractivity contribution in [1.29, 1.82) is 0 Å². The first-order valence-electron chi connectivity index (χ1n) is 5.75. The molecule has 112 valence electrons. The molecule has 1 rings (SSSR count). The second-order valence-corrected chi connectivity index (χ2v) is 4.22. The number of hydrogen-bond acceptors (Lipinski definition) is 5. The topological polar surface area (TPSA) is 130 Å². The number of rotatable bonds is 5. The lowest BCUT2D eigenvalue weighted by Gasteiger charge is -2.14. The van der Waals surface area contributed by atoms with Gasteiger partial charge >= 0.3 is 5.97 Å². The van der Waals surface area contributed by atoms with E-state index in [1.807, 2.05) is 0 Å². The summed E-state index contributed by atoms with van der Waals surface area (Å²) in [6.45, 7) is 1.00. The van der Waals surface area contributed by atoms with E-state index in [-0.39, 0.29) is 23.7 Å². The molecular formula is C12H13N3O6. The largest absolute Gasteiger partial charge is 0.478 e. The van der Waals surface area contributed by atoms with Crippen LogP contribution in [0.2, 0.25) is 0 Å². The molecule has 0 bridgehead atoms. The van der Waals surface area contributed by atoms with Crippen molar-refractivity contribution in [3.05, 3.63) is 33.9 Å². The van der Waals surface area contributed by atoms with Gasteiger partial charge in [-0.2, -0.15) is 0 Å². The van der Waals surface area contributed by atoms with E-state index < -0.39 is 22.5 Å². The molecule has 2 N–H and O–H groups in total. The van der Waals surface area contributed by atoms with Gasteiger partial charge in [0.2, 0.25) is 11.8 Å². The predicted molar refractivity (Wildman–Crippen MR) is 72.0 cm³/mol. The molecule has 0 atom stereocenters. The van der Waals surface area contributed by atoms with Gasteiger partial charge < -0.3 is 15.3 Å². The molecule has 9 nitrogen and oxygen atoms in total. The molecule has 0 unspecified atom stereocenters. The van der Waals surface area contributed by atoms with Gasteiger partial charge in [-0.3, -0.25) is 19.7 Å². The maximum atomic E-state index is 11.7. The first-order valence-corrected chi connectivity index (χ1v) is 5.75. The summed E-state index contributed by atoms with van der Waals surface area (Å²) in [6.07, 6.45) is 0. The summed E-state index contributed by atoms with van der Waals surface area (Å²) < 4.78 is 0. The number of nitrogens with one attached hydrogen (secondary N) is 1. The maximum Gasteiger partial charge on any atom is 0.335 e. The van der Waals surface area contributed by atoms with Crippen LogP contribution in [0.1, 0.15) is 17.3 Å². The van der Waals surface area contributed by atoms with Gasteiger partial charge in [0, 0.05) is 20.0 Å². The third-order valence-electron chi connectivity index (χ3n) is 2.63. The summed E-state index contributed by atoms with van der Waals surface area (Å²) in [5.41, 5.74) is -0.929. The standard InChI is InChI=1S/C12H13N3O6/c1-7(16)14(2)6-11(17)13-9-4-3-8(12(18)19)5-10(9)15(20)21/h3-5H,6H2,1-2H3,(H,13,17)(H,18,19). The number of amides is 2. The Kier molecular flexibility index (Phi) is 4.95. The van der Waals surface area contributed by atoms with E-state index in [1.165, 1.54) is 14.0 Å². The number of carboxylic acids is 1. The number of aromatic carboxylic acids is 1. The van der Waals surface area contributed by atoms with Gasteiger partial charge in [-0.25, -0.2) is 4.79 Å². The van der Waals surface area contributed by atoms with E-state index in [9.17, 15) is 24.5 Å². The minimum atomic E-state index is -1.31. The number of carbonyl (C=O) groups excluding carboxylic acids is 2. The number of carboxylic acid groups (broad SMARTS) is 1. The highest BCUT2D eigenvalue weighted by Crippen LogP contribution is 2.25. The maximum absolute atomic E-state index is 11.7. The van der Waals surface area contributed by atoms with Crippen LogP contribution in [0.3, 0.4) is 0 Å². The molecule has 0 radical (unpaired) electrons. The van der Waals surface area contributed by atoms with Crippen molar-refractivity contribution in [2.75, 3.05) is 18.9 Å². The first kappa shape index (κ1) is 16.1. The van der Waals surface area contributed by atoms with Crippen molar-refractivity contribution in [2.45, 2.75) is 6.92 Å². The Morgan fingerprint density at radius 3 is 2.48 bits per heavy atom. The van der Waals surface area contributed by atoms with E-state index in [2.05, 4.69) is 5.32 Å². The molecule has 9 heteroatoms. The number of nitro groups is 1. The number of anilines is 1. The zero-order valence-electron chi connectivity index (χ0n) is 11.3. The molecule has 1 aromatic rings. The molecule has 0 saturated heterocycles.